The molecule has 0 amide bonds. The van der Waals surface area contributed by atoms with Crippen molar-refractivity contribution in [1.82, 2.24) is 4.57 Å². The SMILES string of the molecule is CCOC(=O)C1=C(C)N=c2sc(=Cc3ccc(-c4ccc([N+](=O)[O-])cc4Br)o3)c(=O)n2C1c1cc(OC)c(OC)cc1Br. The second-order valence-corrected chi connectivity index (χ2v) is 11.9. The van der Waals surface area contributed by atoms with Gasteiger partial charge in [0.1, 0.15) is 11.5 Å². The summed E-state index contributed by atoms with van der Waals surface area (Å²) < 4.78 is 25.2. The van der Waals surface area contributed by atoms with Crippen molar-refractivity contribution in [2.24, 2.45) is 4.99 Å². The third-order valence-corrected chi connectivity index (χ3v) is 8.97. The molecule has 0 spiro atoms. The largest absolute Gasteiger partial charge is 0.493 e. The number of allylic oxidation sites excluding steroid dienone is 1. The van der Waals surface area contributed by atoms with E-state index in [1.165, 1.54) is 30.9 Å². The summed E-state index contributed by atoms with van der Waals surface area (Å²) >= 11 is 8.10. The van der Waals surface area contributed by atoms with Crippen LogP contribution in [0.4, 0.5) is 5.69 Å². The second-order valence-electron chi connectivity index (χ2n) is 9.15. The number of thiazole rings is 1. The number of nitrogens with zero attached hydrogens (tertiary/aromatic N) is 3. The minimum atomic E-state index is -0.880. The molecule has 2 aromatic heterocycles. The van der Waals surface area contributed by atoms with Crippen molar-refractivity contribution >= 4 is 60.9 Å². The lowest BCUT2D eigenvalue weighted by molar-refractivity contribution is -0.384. The van der Waals surface area contributed by atoms with Crippen LogP contribution in [-0.4, -0.2) is 36.3 Å². The lowest BCUT2D eigenvalue weighted by Crippen LogP contribution is -2.40. The quantitative estimate of drug-likeness (QED) is 0.132. The van der Waals surface area contributed by atoms with Gasteiger partial charge < -0.3 is 18.6 Å². The Morgan fingerprint density at radius 3 is 2.51 bits per heavy atom. The molecule has 0 bridgehead atoms. The van der Waals surface area contributed by atoms with E-state index in [9.17, 15) is 19.7 Å². The number of carbonyl (C=O) groups excluding carboxylic acids is 1. The summed E-state index contributed by atoms with van der Waals surface area (Å²) in [4.78, 5) is 42.8. The van der Waals surface area contributed by atoms with Crippen LogP contribution >= 0.6 is 43.2 Å². The number of hydrogen-bond donors (Lipinski definition) is 0. The van der Waals surface area contributed by atoms with Gasteiger partial charge in [-0.05, 0) is 65.7 Å². The maximum Gasteiger partial charge on any atom is 0.338 e. The monoisotopic (exact) mass is 731 g/mol. The Kier molecular flexibility index (Phi) is 8.71. The van der Waals surface area contributed by atoms with Gasteiger partial charge in [-0.3, -0.25) is 19.5 Å². The van der Waals surface area contributed by atoms with Crippen molar-refractivity contribution in [3.63, 3.8) is 0 Å². The molecule has 0 aliphatic carbocycles. The van der Waals surface area contributed by atoms with Crippen LogP contribution in [0.25, 0.3) is 17.4 Å². The van der Waals surface area contributed by atoms with Crippen molar-refractivity contribution in [2.75, 3.05) is 20.8 Å². The number of fused-ring (bicyclic) bond motifs is 1. The molecule has 11 nitrogen and oxygen atoms in total. The van der Waals surface area contributed by atoms with Gasteiger partial charge in [0, 0.05) is 32.7 Å². The number of rotatable bonds is 8. The zero-order valence-corrected chi connectivity index (χ0v) is 27.2. The Morgan fingerprint density at radius 1 is 1.14 bits per heavy atom. The van der Waals surface area contributed by atoms with Crippen LogP contribution in [0.3, 0.4) is 0 Å². The molecule has 3 heterocycles. The highest BCUT2D eigenvalue weighted by molar-refractivity contribution is 9.10. The maximum atomic E-state index is 14.0. The number of halogens is 2. The molecule has 1 unspecified atom stereocenters. The van der Waals surface area contributed by atoms with E-state index in [0.29, 0.717) is 58.1 Å². The van der Waals surface area contributed by atoms with E-state index in [-0.39, 0.29) is 23.4 Å². The van der Waals surface area contributed by atoms with E-state index in [4.69, 9.17) is 18.6 Å². The van der Waals surface area contributed by atoms with E-state index < -0.39 is 16.9 Å². The lowest BCUT2D eigenvalue weighted by Gasteiger charge is -2.26. The molecular weight excluding hydrogens is 710 g/mol. The first-order valence-electron chi connectivity index (χ1n) is 12.7. The first kappa shape index (κ1) is 30.4. The molecule has 0 N–H and O–H groups in total. The summed E-state index contributed by atoms with van der Waals surface area (Å²) in [6, 6.07) is 10.3. The number of esters is 1. The molecule has 14 heteroatoms. The zero-order chi connectivity index (χ0) is 31.0. The average molecular weight is 733 g/mol. The van der Waals surface area contributed by atoms with Gasteiger partial charge in [-0.1, -0.05) is 27.3 Å². The van der Waals surface area contributed by atoms with Crippen molar-refractivity contribution in [3.05, 3.63) is 104 Å². The van der Waals surface area contributed by atoms with E-state index in [0.717, 1.165) is 11.3 Å². The average Bonchev–Trinajstić information content (AvgIpc) is 3.56. The van der Waals surface area contributed by atoms with Gasteiger partial charge >= 0.3 is 5.97 Å². The van der Waals surface area contributed by atoms with Crippen molar-refractivity contribution in [2.45, 2.75) is 19.9 Å². The predicted octanol–water partition coefficient (Wildman–Crippen LogP) is 5.51. The fraction of sp³-hybridized carbons (Fsp3) is 0.207. The first-order valence-corrected chi connectivity index (χ1v) is 15.1. The number of nitro groups is 1. The van der Waals surface area contributed by atoms with Gasteiger partial charge in [0.2, 0.25) is 0 Å². The van der Waals surface area contributed by atoms with Crippen molar-refractivity contribution in [1.29, 1.82) is 0 Å². The van der Waals surface area contributed by atoms with Crippen LogP contribution in [0.2, 0.25) is 0 Å². The van der Waals surface area contributed by atoms with Gasteiger partial charge in [0.15, 0.2) is 16.3 Å². The Bertz CT molecular complexity index is 1990. The Hall–Kier alpha value is -4.01. The molecule has 0 saturated heterocycles. The molecule has 222 valence electrons. The minimum absolute atomic E-state index is 0.0586. The van der Waals surface area contributed by atoms with Crippen molar-refractivity contribution < 1.29 is 28.3 Å². The molecule has 5 rings (SSSR count). The van der Waals surface area contributed by atoms with Crippen LogP contribution < -0.4 is 24.4 Å². The van der Waals surface area contributed by atoms with E-state index >= 15 is 0 Å². The molecule has 0 fully saturated rings. The van der Waals surface area contributed by atoms with Gasteiger partial charge in [0.05, 0.1) is 47.6 Å². The van der Waals surface area contributed by atoms with E-state index in [1.54, 1.807) is 50.3 Å². The number of ether oxygens (including phenoxy) is 3. The number of furan rings is 1. The minimum Gasteiger partial charge on any atom is -0.493 e. The summed E-state index contributed by atoms with van der Waals surface area (Å²) in [6.45, 7) is 3.55. The fourth-order valence-electron chi connectivity index (χ4n) is 4.69. The summed E-state index contributed by atoms with van der Waals surface area (Å²) in [5.41, 5.74) is 1.37. The number of hydrogen-bond acceptors (Lipinski definition) is 10. The summed E-state index contributed by atoms with van der Waals surface area (Å²) in [7, 11) is 3.02. The molecule has 4 aromatic rings. The summed E-state index contributed by atoms with van der Waals surface area (Å²) in [5, 5.41) is 11.1. The van der Waals surface area contributed by atoms with Gasteiger partial charge in [-0.2, -0.15) is 0 Å². The van der Waals surface area contributed by atoms with Gasteiger partial charge in [-0.25, -0.2) is 9.79 Å². The lowest BCUT2D eigenvalue weighted by atomic mass is 9.95. The van der Waals surface area contributed by atoms with E-state index in [2.05, 4.69) is 36.9 Å². The normalized spacial score (nSPS) is 14.7. The second kappa shape index (κ2) is 12.3. The topological polar surface area (TPSA) is 135 Å². The molecule has 1 aliphatic heterocycles. The van der Waals surface area contributed by atoms with Crippen LogP contribution in [-0.2, 0) is 9.53 Å². The van der Waals surface area contributed by atoms with E-state index in [1.807, 2.05) is 0 Å². The van der Waals surface area contributed by atoms with Gasteiger partial charge in [0.25, 0.3) is 11.2 Å². The predicted molar refractivity (Wildman–Crippen MR) is 166 cm³/mol. The van der Waals surface area contributed by atoms with Gasteiger partial charge in [-0.15, -0.1) is 0 Å². The number of nitro benzene ring substituents is 1. The number of carbonyl (C=O) groups is 1. The fourth-order valence-corrected chi connectivity index (χ4v) is 6.81. The van der Waals surface area contributed by atoms with Crippen LogP contribution in [0, 0.1) is 10.1 Å². The van der Waals surface area contributed by atoms with Crippen LogP contribution in [0.1, 0.15) is 31.2 Å². The maximum absolute atomic E-state index is 14.0. The number of non-ortho nitro benzene ring substituents is 1. The molecule has 2 aromatic carbocycles. The zero-order valence-electron chi connectivity index (χ0n) is 23.2. The summed E-state index contributed by atoms with van der Waals surface area (Å²) in [6.07, 6.45) is 1.59. The van der Waals surface area contributed by atoms with Crippen LogP contribution in [0.5, 0.6) is 11.5 Å². The molecule has 0 saturated carbocycles. The molecule has 1 aliphatic rings. The third kappa shape index (κ3) is 5.69. The highest BCUT2D eigenvalue weighted by atomic mass is 79.9. The standard InChI is InChI=1S/C29H23Br2N3O8S/c1-5-41-28(36)25-14(2)32-29-33(26(25)18-12-22(39-3)23(40-4)13-20(18)31)27(35)24(43-29)11-16-7-9-21(42-16)17-8-6-15(34(37)38)10-19(17)30/h6-13,26H,5H2,1-4H3. The molecular formula is C29H23Br2N3O8S. The highest BCUT2D eigenvalue weighted by Crippen LogP contribution is 2.41. The summed E-state index contributed by atoms with van der Waals surface area (Å²) in [5.74, 6) is 1.14. The number of aromatic nitrogens is 1. The highest BCUT2D eigenvalue weighted by Gasteiger charge is 2.35. The number of benzene rings is 2. The van der Waals surface area contributed by atoms with Crippen LogP contribution in [0.15, 0.2) is 76.9 Å². The molecule has 1 atom stereocenters. The smallest absolute Gasteiger partial charge is 0.338 e. The third-order valence-electron chi connectivity index (χ3n) is 6.64. The Labute approximate surface area is 265 Å². The Balaban J connectivity index is 1.66. The number of methoxy groups -OCH3 is 2. The molecule has 0 radical (unpaired) electrons. The Morgan fingerprint density at radius 2 is 1.86 bits per heavy atom. The molecule has 43 heavy (non-hydrogen) atoms. The first-order chi connectivity index (χ1) is 20.6. The van der Waals surface area contributed by atoms with Crippen molar-refractivity contribution in [3.8, 4) is 22.8 Å².